The Balaban J connectivity index is 1.81. The largest absolute Gasteiger partial charge is 0.481 e. The number of aliphatic carboxylic acids is 2. The Kier molecular flexibility index (Phi) is 5.19. The van der Waals surface area contributed by atoms with E-state index in [9.17, 15) is 14.7 Å². The summed E-state index contributed by atoms with van der Waals surface area (Å²) < 4.78 is 0. The van der Waals surface area contributed by atoms with Gasteiger partial charge in [-0.05, 0) is 22.3 Å². The third kappa shape index (κ3) is 3.68. The van der Waals surface area contributed by atoms with Crippen molar-refractivity contribution in [1.29, 1.82) is 0 Å². The minimum atomic E-state index is -1.02. The van der Waals surface area contributed by atoms with Gasteiger partial charge in [-0.25, -0.2) is 0 Å². The Bertz CT molecular complexity index is 814. The molecule has 1 heterocycles. The number of carbonyl (C=O) groups is 2. The molecule has 0 amide bonds. The predicted molar refractivity (Wildman–Crippen MR) is 99.6 cm³/mol. The van der Waals surface area contributed by atoms with Gasteiger partial charge < -0.3 is 15.5 Å². The van der Waals surface area contributed by atoms with E-state index in [0.29, 0.717) is 6.54 Å². The first-order chi connectivity index (χ1) is 12.5. The minimum Gasteiger partial charge on any atom is -0.481 e. The molecule has 2 aromatic carbocycles. The maximum absolute atomic E-state index is 11.4. The molecular formula is C21H21NO4. The van der Waals surface area contributed by atoms with Gasteiger partial charge in [0.15, 0.2) is 0 Å². The summed E-state index contributed by atoms with van der Waals surface area (Å²) >= 11 is 0. The first-order valence-electron chi connectivity index (χ1n) is 8.50. The van der Waals surface area contributed by atoms with E-state index in [1.807, 2.05) is 54.6 Å². The van der Waals surface area contributed by atoms with Gasteiger partial charge in [0.2, 0.25) is 0 Å². The summed E-state index contributed by atoms with van der Waals surface area (Å²) in [6, 6.07) is 17.0. The van der Waals surface area contributed by atoms with Gasteiger partial charge in [0.1, 0.15) is 6.04 Å². The molecule has 0 radical (unpaired) electrons. The quantitative estimate of drug-likeness (QED) is 0.744. The van der Waals surface area contributed by atoms with E-state index in [1.165, 1.54) is 0 Å². The van der Waals surface area contributed by atoms with Crippen molar-refractivity contribution in [3.8, 4) is 11.1 Å². The average molecular weight is 351 g/mol. The number of carboxylic acids is 2. The van der Waals surface area contributed by atoms with Gasteiger partial charge in [-0.1, -0.05) is 61.2 Å². The zero-order valence-corrected chi connectivity index (χ0v) is 14.3. The van der Waals surface area contributed by atoms with Crippen LogP contribution in [-0.4, -0.2) is 34.7 Å². The number of nitrogens with one attached hydrogen (secondary N) is 1. The molecule has 5 heteroatoms. The molecule has 3 atom stereocenters. The lowest BCUT2D eigenvalue weighted by atomic mass is 9.80. The highest BCUT2D eigenvalue weighted by atomic mass is 16.4. The second-order valence-electron chi connectivity index (χ2n) is 6.56. The molecule has 5 nitrogen and oxygen atoms in total. The van der Waals surface area contributed by atoms with E-state index < -0.39 is 23.9 Å². The highest BCUT2D eigenvalue weighted by molar-refractivity contribution is 5.79. The molecule has 0 aliphatic carbocycles. The van der Waals surface area contributed by atoms with Crippen molar-refractivity contribution in [2.24, 2.45) is 11.8 Å². The van der Waals surface area contributed by atoms with Crippen LogP contribution in [0.25, 0.3) is 16.7 Å². The van der Waals surface area contributed by atoms with Crippen LogP contribution in [0.3, 0.4) is 0 Å². The molecule has 1 aliphatic rings. The molecule has 134 valence electrons. The van der Waals surface area contributed by atoms with Crippen LogP contribution in [0.15, 0.2) is 61.2 Å². The minimum absolute atomic E-state index is 0.199. The van der Waals surface area contributed by atoms with E-state index in [4.69, 9.17) is 5.11 Å². The van der Waals surface area contributed by atoms with E-state index in [2.05, 4.69) is 11.9 Å². The SMILES string of the molecule is C=C(c1ccc(-c2ccccc2)cc1)[C@H]1CN[C@H](C(=O)O)[C@H]1CC(=O)O. The van der Waals surface area contributed by atoms with Gasteiger partial charge in [0.05, 0.1) is 6.42 Å². The maximum Gasteiger partial charge on any atom is 0.321 e. The smallest absolute Gasteiger partial charge is 0.321 e. The van der Waals surface area contributed by atoms with E-state index in [-0.39, 0.29) is 12.3 Å². The Morgan fingerprint density at radius 1 is 1.00 bits per heavy atom. The lowest BCUT2D eigenvalue weighted by Crippen LogP contribution is -2.36. The molecule has 1 fully saturated rings. The van der Waals surface area contributed by atoms with Crippen molar-refractivity contribution in [2.45, 2.75) is 12.5 Å². The lowest BCUT2D eigenvalue weighted by Gasteiger charge is -2.22. The zero-order valence-electron chi connectivity index (χ0n) is 14.3. The van der Waals surface area contributed by atoms with E-state index in [0.717, 1.165) is 22.3 Å². The summed E-state index contributed by atoms with van der Waals surface area (Å²) in [5, 5.41) is 21.4. The van der Waals surface area contributed by atoms with Crippen LogP contribution in [0.2, 0.25) is 0 Å². The molecule has 0 saturated carbocycles. The molecule has 0 bridgehead atoms. The predicted octanol–water partition coefficient (Wildman–Crippen LogP) is 3.13. The summed E-state index contributed by atoms with van der Waals surface area (Å²) in [5.41, 5.74) is 3.86. The molecule has 2 aromatic rings. The lowest BCUT2D eigenvalue weighted by molar-refractivity contribution is -0.142. The van der Waals surface area contributed by atoms with Crippen molar-refractivity contribution in [2.75, 3.05) is 6.54 Å². The van der Waals surface area contributed by atoms with Gasteiger partial charge in [0.25, 0.3) is 0 Å². The van der Waals surface area contributed by atoms with Crippen LogP contribution < -0.4 is 5.32 Å². The van der Waals surface area contributed by atoms with Crippen LogP contribution >= 0.6 is 0 Å². The topological polar surface area (TPSA) is 86.6 Å². The summed E-state index contributed by atoms with van der Waals surface area (Å²) in [7, 11) is 0. The van der Waals surface area contributed by atoms with Gasteiger partial charge in [-0.15, -0.1) is 0 Å². The van der Waals surface area contributed by atoms with Gasteiger partial charge in [-0.2, -0.15) is 0 Å². The third-order valence-electron chi connectivity index (χ3n) is 4.99. The molecule has 0 spiro atoms. The van der Waals surface area contributed by atoms with E-state index >= 15 is 0 Å². The second kappa shape index (κ2) is 7.54. The fourth-order valence-corrected chi connectivity index (χ4v) is 3.62. The van der Waals surface area contributed by atoms with Crippen LogP contribution in [0.5, 0.6) is 0 Å². The van der Waals surface area contributed by atoms with Gasteiger partial charge >= 0.3 is 11.9 Å². The maximum atomic E-state index is 11.4. The first kappa shape index (κ1) is 17.9. The van der Waals surface area contributed by atoms with Crippen LogP contribution in [0.1, 0.15) is 12.0 Å². The van der Waals surface area contributed by atoms with Gasteiger partial charge in [-0.3, -0.25) is 9.59 Å². The Morgan fingerprint density at radius 3 is 2.19 bits per heavy atom. The number of benzene rings is 2. The number of hydrogen-bond acceptors (Lipinski definition) is 3. The Morgan fingerprint density at radius 2 is 1.62 bits per heavy atom. The highest BCUT2D eigenvalue weighted by Gasteiger charge is 2.42. The summed E-state index contributed by atoms with van der Waals surface area (Å²) in [6.07, 6.45) is -0.199. The third-order valence-corrected chi connectivity index (χ3v) is 4.99. The van der Waals surface area contributed by atoms with Crippen LogP contribution in [0, 0.1) is 11.8 Å². The van der Waals surface area contributed by atoms with Crippen molar-refractivity contribution in [1.82, 2.24) is 5.32 Å². The summed E-state index contributed by atoms with van der Waals surface area (Å²) in [6.45, 7) is 4.55. The molecule has 1 aliphatic heterocycles. The fraction of sp³-hybridized carbons (Fsp3) is 0.238. The van der Waals surface area contributed by atoms with E-state index in [1.54, 1.807) is 0 Å². The fourth-order valence-electron chi connectivity index (χ4n) is 3.62. The molecule has 26 heavy (non-hydrogen) atoms. The van der Waals surface area contributed by atoms with Crippen molar-refractivity contribution in [3.05, 3.63) is 66.7 Å². The zero-order chi connectivity index (χ0) is 18.7. The molecule has 0 unspecified atom stereocenters. The first-order valence-corrected chi connectivity index (χ1v) is 8.50. The average Bonchev–Trinajstić information content (AvgIpc) is 3.05. The van der Waals surface area contributed by atoms with Crippen LogP contribution in [-0.2, 0) is 9.59 Å². The Labute approximate surface area is 152 Å². The Hall–Kier alpha value is -2.92. The second-order valence-corrected chi connectivity index (χ2v) is 6.56. The standard InChI is InChI=1S/C21H21NO4/c1-13(18-12-22-20(21(25)26)17(18)11-19(23)24)14-7-9-16(10-8-14)15-5-3-2-4-6-15/h2-10,17-18,20,22H,1,11-12H2,(H,23,24)(H,25,26)/t17-,18+,20-/m0/s1. The normalized spacial score (nSPS) is 22.1. The van der Waals surface area contributed by atoms with Gasteiger partial charge in [0, 0.05) is 18.4 Å². The molecule has 3 rings (SSSR count). The molecular weight excluding hydrogens is 330 g/mol. The van der Waals surface area contributed by atoms with Crippen molar-refractivity contribution >= 4 is 17.5 Å². The molecule has 1 saturated heterocycles. The number of hydrogen-bond donors (Lipinski definition) is 3. The molecule has 0 aromatic heterocycles. The van der Waals surface area contributed by atoms with Crippen LogP contribution in [0.4, 0.5) is 0 Å². The summed E-state index contributed by atoms with van der Waals surface area (Å²) in [4.78, 5) is 22.6. The highest BCUT2D eigenvalue weighted by Crippen LogP contribution is 2.36. The number of rotatable bonds is 6. The molecule has 3 N–H and O–H groups in total. The monoisotopic (exact) mass is 351 g/mol. The van der Waals surface area contributed by atoms with Crippen molar-refractivity contribution in [3.63, 3.8) is 0 Å². The van der Waals surface area contributed by atoms with Crippen molar-refractivity contribution < 1.29 is 19.8 Å². The number of carboxylic acid groups (broad SMARTS) is 2. The summed E-state index contributed by atoms with van der Waals surface area (Å²) in [5.74, 6) is -2.77.